The predicted molar refractivity (Wildman–Crippen MR) is 66.1 cm³/mol. The molecule has 0 atom stereocenters. The van der Waals surface area contributed by atoms with Gasteiger partial charge in [-0.15, -0.1) is 0 Å². The third kappa shape index (κ3) is 4.35. The second-order valence-electron chi connectivity index (χ2n) is 3.58. The van der Waals surface area contributed by atoms with Crippen LogP contribution in [0.5, 0.6) is 5.75 Å². The van der Waals surface area contributed by atoms with Gasteiger partial charge in [0.1, 0.15) is 5.75 Å². The quantitative estimate of drug-likeness (QED) is 0.718. The monoisotopic (exact) mass is 254 g/mol. The van der Waals surface area contributed by atoms with Crippen LogP contribution in [0.2, 0.25) is 0 Å². The molecule has 1 N–H and O–H groups in total. The number of aromatic carboxylic acids is 1. The van der Waals surface area contributed by atoms with E-state index in [9.17, 15) is 4.79 Å². The zero-order chi connectivity index (χ0) is 13.4. The fourth-order valence-corrected chi connectivity index (χ4v) is 1.47. The molecule has 1 aromatic carbocycles. The van der Waals surface area contributed by atoms with Gasteiger partial charge < -0.3 is 19.3 Å². The number of rotatable bonds is 8. The summed E-state index contributed by atoms with van der Waals surface area (Å²) < 4.78 is 15.7. The van der Waals surface area contributed by atoms with Crippen LogP contribution in [0.15, 0.2) is 18.2 Å². The summed E-state index contributed by atoms with van der Waals surface area (Å²) in [5.41, 5.74) is 0.938. The van der Waals surface area contributed by atoms with Gasteiger partial charge in [0.15, 0.2) is 0 Å². The molecule has 0 aliphatic carbocycles. The van der Waals surface area contributed by atoms with E-state index in [1.165, 1.54) is 6.07 Å². The van der Waals surface area contributed by atoms with Crippen molar-refractivity contribution in [3.63, 3.8) is 0 Å². The number of methoxy groups -OCH3 is 1. The van der Waals surface area contributed by atoms with Gasteiger partial charge in [0.25, 0.3) is 0 Å². The van der Waals surface area contributed by atoms with Gasteiger partial charge in [-0.3, -0.25) is 0 Å². The standard InChI is InChI=1S/C13H18O5/c1-3-17-6-7-18-9-11-8-10(13(14)15)4-5-12(11)16-2/h4-5,8H,3,6-7,9H2,1-2H3,(H,14,15). The lowest BCUT2D eigenvalue weighted by Gasteiger charge is -2.10. The fraction of sp³-hybridized carbons (Fsp3) is 0.462. The second-order valence-corrected chi connectivity index (χ2v) is 3.58. The summed E-state index contributed by atoms with van der Waals surface area (Å²) in [5.74, 6) is -0.343. The molecule has 0 saturated carbocycles. The third-order valence-electron chi connectivity index (χ3n) is 2.36. The van der Waals surface area contributed by atoms with Crippen LogP contribution in [0.25, 0.3) is 0 Å². The highest BCUT2D eigenvalue weighted by Crippen LogP contribution is 2.20. The molecule has 5 heteroatoms. The lowest BCUT2D eigenvalue weighted by atomic mass is 10.1. The molecule has 0 saturated heterocycles. The Bertz CT molecular complexity index is 389. The molecule has 0 fully saturated rings. The minimum absolute atomic E-state index is 0.221. The fourth-order valence-electron chi connectivity index (χ4n) is 1.47. The summed E-state index contributed by atoms with van der Waals surface area (Å²) in [5, 5.41) is 8.91. The molecular formula is C13H18O5. The van der Waals surface area contributed by atoms with Crippen LogP contribution in [0.1, 0.15) is 22.8 Å². The smallest absolute Gasteiger partial charge is 0.335 e. The molecule has 0 aliphatic heterocycles. The molecule has 0 unspecified atom stereocenters. The van der Waals surface area contributed by atoms with Crippen LogP contribution in [-0.4, -0.2) is 38.0 Å². The topological polar surface area (TPSA) is 65.0 Å². The van der Waals surface area contributed by atoms with Gasteiger partial charge in [0, 0.05) is 12.2 Å². The first kappa shape index (κ1) is 14.5. The van der Waals surface area contributed by atoms with E-state index in [1.807, 2.05) is 6.92 Å². The number of carboxylic acid groups (broad SMARTS) is 1. The molecule has 1 aromatic rings. The van der Waals surface area contributed by atoms with Crippen molar-refractivity contribution < 1.29 is 24.1 Å². The van der Waals surface area contributed by atoms with Gasteiger partial charge in [-0.2, -0.15) is 0 Å². The van der Waals surface area contributed by atoms with Gasteiger partial charge in [0.2, 0.25) is 0 Å². The lowest BCUT2D eigenvalue weighted by molar-refractivity contribution is 0.0445. The van der Waals surface area contributed by atoms with Gasteiger partial charge in [-0.05, 0) is 25.1 Å². The van der Waals surface area contributed by atoms with Crippen LogP contribution in [0.4, 0.5) is 0 Å². The van der Waals surface area contributed by atoms with E-state index in [-0.39, 0.29) is 5.56 Å². The number of benzene rings is 1. The average molecular weight is 254 g/mol. The highest BCUT2D eigenvalue weighted by atomic mass is 16.5. The zero-order valence-electron chi connectivity index (χ0n) is 10.6. The highest BCUT2D eigenvalue weighted by Gasteiger charge is 2.08. The maximum Gasteiger partial charge on any atom is 0.335 e. The minimum Gasteiger partial charge on any atom is -0.496 e. The Morgan fingerprint density at radius 1 is 1.28 bits per heavy atom. The average Bonchev–Trinajstić information content (AvgIpc) is 2.38. The van der Waals surface area contributed by atoms with Crippen molar-refractivity contribution in [2.45, 2.75) is 13.5 Å². The summed E-state index contributed by atoms with van der Waals surface area (Å²) in [6, 6.07) is 4.69. The highest BCUT2D eigenvalue weighted by molar-refractivity contribution is 5.88. The van der Waals surface area contributed by atoms with Gasteiger partial charge >= 0.3 is 5.97 Å². The summed E-state index contributed by atoms with van der Waals surface area (Å²) in [6.45, 7) is 3.86. The number of hydrogen-bond donors (Lipinski definition) is 1. The summed E-state index contributed by atoms with van der Waals surface area (Å²) in [7, 11) is 1.54. The lowest BCUT2D eigenvalue weighted by Crippen LogP contribution is -2.06. The molecule has 0 aliphatic rings. The third-order valence-corrected chi connectivity index (χ3v) is 2.36. The maximum atomic E-state index is 10.9. The Hall–Kier alpha value is -1.59. The van der Waals surface area contributed by atoms with Crippen molar-refractivity contribution >= 4 is 5.97 Å². The van der Waals surface area contributed by atoms with Crippen molar-refractivity contribution in [3.05, 3.63) is 29.3 Å². The summed E-state index contributed by atoms with van der Waals surface area (Å²) in [6.07, 6.45) is 0. The normalized spacial score (nSPS) is 10.3. The van der Waals surface area contributed by atoms with Crippen molar-refractivity contribution in [1.82, 2.24) is 0 Å². The summed E-state index contributed by atoms with van der Waals surface area (Å²) >= 11 is 0. The number of hydrogen-bond acceptors (Lipinski definition) is 4. The first-order chi connectivity index (χ1) is 8.69. The van der Waals surface area contributed by atoms with Crippen LogP contribution in [0.3, 0.4) is 0 Å². The van der Waals surface area contributed by atoms with Gasteiger partial charge in [-0.1, -0.05) is 0 Å². The number of ether oxygens (including phenoxy) is 3. The van der Waals surface area contributed by atoms with E-state index in [2.05, 4.69) is 0 Å². The first-order valence-corrected chi connectivity index (χ1v) is 5.74. The Balaban J connectivity index is 2.61. The first-order valence-electron chi connectivity index (χ1n) is 5.74. The zero-order valence-corrected chi connectivity index (χ0v) is 10.6. The van der Waals surface area contributed by atoms with Crippen LogP contribution < -0.4 is 4.74 Å². The molecular weight excluding hydrogens is 236 g/mol. The molecule has 0 amide bonds. The Kier molecular flexibility index (Phi) is 6.18. The molecule has 1 rings (SSSR count). The Labute approximate surface area is 106 Å². The van der Waals surface area contributed by atoms with Crippen molar-refractivity contribution in [1.29, 1.82) is 0 Å². The van der Waals surface area contributed by atoms with E-state index >= 15 is 0 Å². The molecule has 0 aromatic heterocycles. The van der Waals surface area contributed by atoms with Gasteiger partial charge in [-0.25, -0.2) is 4.79 Å². The van der Waals surface area contributed by atoms with Crippen molar-refractivity contribution in [2.75, 3.05) is 26.9 Å². The number of carboxylic acids is 1. The minimum atomic E-state index is -0.965. The molecule has 5 nitrogen and oxygen atoms in total. The van der Waals surface area contributed by atoms with E-state index in [0.717, 1.165) is 0 Å². The second kappa shape index (κ2) is 7.68. The molecule has 100 valence electrons. The molecule has 0 spiro atoms. The molecule has 0 radical (unpaired) electrons. The summed E-state index contributed by atoms with van der Waals surface area (Å²) in [4.78, 5) is 10.9. The largest absolute Gasteiger partial charge is 0.496 e. The van der Waals surface area contributed by atoms with Crippen molar-refractivity contribution in [3.8, 4) is 5.75 Å². The van der Waals surface area contributed by atoms with Crippen molar-refractivity contribution in [2.24, 2.45) is 0 Å². The molecule has 0 bridgehead atoms. The van der Waals surface area contributed by atoms with Gasteiger partial charge in [0.05, 0.1) is 32.5 Å². The molecule has 18 heavy (non-hydrogen) atoms. The van der Waals surface area contributed by atoms with Crippen LogP contribution in [-0.2, 0) is 16.1 Å². The van der Waals surface area contributed by atoms with Crippen LogP contribution >= 0.6 is 0 Å². The van der Waals surface area contributed by atoms with E-state index in [0.29, 0.717) is 37.7 Å². The van der Waals surface area contributed by atoms with E-state index < -0.39 is 5.97 Å². The SMILES string of the molecule is CCOCCOCc1cc(C(=O)O)ccc1OC. The predicted octanol–water partition coefficient (Wildman–Crippen LogP) is 1.95. The van der Waals surface area contributed by atoms with E-state index in [1.54, 1.807) is 19.2 Å². The molecule has 0 heterocycles. The Morgan fingerprint density at radius 3 is 2.61 bits per heavy atom. The van der Waals surface area contributed by atoms with Crippen LogP contribution in [0, 0.1) is 0 Å². The van der Waals surface area contributed by atoms with E-state index in [4.69, 9.17) is 19.3 Å². The Morgan fingerprint density at radius 2 is 2.00 bits per heavy atom. The maximum absolute atomic E-state index is 10.9. The number of carbonyl (C=O) groups is 1.